The second kappa shape index (κ2) is 7.70. The third-order valence-electron chi connectivity index (χ3n) is 7.82. The Morgan fingerprint density at radius 3 is 2.64 bits per heavy atom. The molecule has 33 heavy (non-hydrogen) atoms. The van der Waals surface area contributed by atoms with Crippen LogP contribution in [0.5, 0.6) is 5.75 Å². The molecule has 1 atom stereocenters. The summed E-state index contributed by atoms with van der Waals surface area (Å²) in [5, 5.41) is 2.42. The first-order valence-corrected chi connectivity index (χ1v) is 11.7. The molecule has 4 aliphatic heterocycles. The molecule has 7 nitrogen and oxygen atoms in total. The Hall–Kier alpha value is -3.19. The summed E-state index contributed by atoms with van der Waals surface area (Å²) >= 11 is 0. The van der Waals surface area contributed by atoms with Gasteiger partial charge in [0.15, 0.2) is 0 Å². The van der Waals surface area contributed by atoms with Gasteiger partial charge in [0, 0.05) is 31.1 Å². The van der Waals surface area contributed by atoms with Gasteiger partial charge in [0.05, 0.1) is 0 Å². The molecular formula is C26H27N3O4. The fraction of sp³-hybridized carbons (Fsp3) is 0.423. The van der Waals surface area contributed by atoms with Crippen LogP contribution in [-0.2, 0) is 16.1 Å². The topological polar surface area (TPSA) is 79.0 Å². The van der Waals surface area contributed by atoms with Crippen LogP contribution in [0.25, 0.3) is 0 Å². The van der Waals surface area contributed by atoms with E-state index in [1.807, 2.05) is 12.1 Å². The molecule has 0 radical (unpaired) electrons. The van der Waals surface area contributed by atoms with E-state index >= 15 is 0 Å². The van der Waals surface area contributed by atoms with Gasteiger partial charge >= 0.3 is 0 Å². The van der Waals surface area contributed by atoms with E-state index < -0.39 is 5.54 Å². The van der Waals surface area contributed by atoms with Gasteiger partial charge in [0.1, 0.15) is 17.9 Å². The van der Waals surface area contributed by atoms with Crippen molar-refractivity contribution in [3.63, 3.8) is 0 Å². The second-order valence-electron chi connectivity index (χ2n) is 9.71. The number of carbonyl (C=O) groups excluding carboxylic acids is 3. The number of hydrogen-bond donors (Lipinski definition) is 1. The van der Waals surface area contributed by atoms with Crippen LogP contribution in [0.15, 0.2) is 48.5 Å². The van der Waals surface area contributed by atoms with E-state index in [-0.39, 0.29) is 23.6 Å². The van der Waals surface area contributed by atoms with Gasteiger partial charge in [-0.05, 0) is 61.1 Å². The van der Waals surface area contributed by atoms with Crippen molar-refractivity contribution in [3.8, 4) is 5.75 Å². The molecule has 170 valence electrons. The fourth-order valence-corrected chi connectivity index (χ4v) is 5.86. The fourth-order valence-electron chi connectivity index (χ4n) is 5.86. The molecule has 0 spiro atoms. The van der Waals surface area contributed by atoms with Crippen molar-refractivity contribution in [2.24, 2.45) is 5.92 Å². The zero-order valence-corrected chi connectivity index (χ0v) is 18.5. The van der Waals surface area contributed by atoms with Crippen molar-refractivity contribution in [2.75, 3.05) is 26.2 Å². The quantitative estimate of drug-likeness (QED) is 0.691. The summed E-state index contributed by atoms with van der Waals surface area (Å²) in [6, 6.07) is 16.2. The lowest BCUT2D eigenvalue weighted by atomic mass is 9.63. The summed E-state index contributed by atoms with van der Waals surface area (Å²) in [5.41, 5.74) is 2.03. The minimum absolute atomic E-state index is 0.136. The highest BCUT2D eigenvalue weighted by molar-refractivity contribution is 6.10. The van der Waals surface area contributed by atoms with Gasteiger partial charge in [-0.2, -0.15) is 0 Å². The predicted octanol–water partition coefficient (Wildman–Crippen LogP) is 2.32. The summed E-state index contributed by atoms with van der Waals surface area (Å²) in [6.07, 6.45) is 2.03. The number of carbonyl (C=O) groups is 3. The van der Waals surface area contributed by atoms with E-state index in [2.05, 4.69) is 40.5 Å². The number of fused-ring (bicyclic) bond motifs is 3. The van der Waals surface area contributed by atoms with E-state index in [9.17, 15) is 14.4 Å². The number of imide groups is 1. The normalized spacial score (nSPS) is 28.5. The van der Waals surface area contributed by atoms with Crippen molar-refractivity contribution in [1.29, 1.82) is 0 Å². The average Bonchev–Trinajstić information content (AvgIpc) is 3.38. The Balaban J connectivity index is 1.06. The molecule has 0 aromatic heterocycles. The van der Waals surface area contributed by atoms with Gasteiger partial charge in [-0.25, -0.2) is 0 Å². The largest absolute Gasteiger partial charge is 0.492 e. The number of benzene rings is 2. The lowest BCUT2D eigenvalue weighted by molar-refractivity contribution is -0.160. The second-order valence-corrected chi connectivity index (χ2v) is 9.71. The van der Waals surface area contributed by atoms with Crippen LogP contribution in [-0.4, -0.2) is 59.3 Å². The van der Waals surface area contributed by atoms with Gasteiger partial charge in [-0.15, -0.1) is 0 Å². The predicted molar refractivity (Wildman–Crippen MR) is 121 cm³/mol. The lowest BCUT2D eigenvalue weighted by Gasteiger charge is -2.53. The molecule has 3 saturated heterocycles. The number of hydrogen-bond acceptors (Lipinski definition) is 5. The maximum atomic E-state index is 13.0. The Labute approximate surface area is 192 Å². The molecule has 4 fully saturated rings. The van der Waals surface area contributed by atoms with E-state index in [4.69, 9.17) is 4.74 Å². The number of likely N-dealkylation sites (tertiary alicyclic amines) is 1. The number of rotatable bonds is 6. The van der Waals surface area contributed by atoms with Gasteiger partial charge < -0.3 is 9.64 Å². The lowest BCUT2D eigenvalue weighted by Crippen LogP contribution is -2.73. The van der Waals surface area contributed by atoms with Crippen LogP contribution >= 0.6 is 0 Å². The third kappa shape index (κ3) is 3.33. The van der Waals surface area contributed by atoms with Crippen molar-refractivity contribution >= 4 is 17.7 Å². The molecule has 7 heteroatoms. The molecule has 1 N–H and O–H groups in total. The summed E-state index contributed by atoms with van der Waals surface area (Å²) in [6.45, 7) is 3.96. The maximum absolute atomic E-state index is 13.0. The zero-order chi connectivity index (χ0) is 22.6. The summed E-state index contributed by atoms with van der Waals surface area (Å²) < 4.78 is 6.02. The van der Waals surface area contributed by atoms with Crippen LogP contribution in [0.2, 0.25) is 0 Å². The molecule has 3 amide bonds. The van der Waals surface area contributed by atoms with Gasteiger partial charge in [0.2, 0.25) is 5.91 Å². The van der Waals surface area contributed by atoms with Crippen molar-refractivity contribution in [2.45, 2.75) is 37.3 Å². The first kappa shape index (κ1) is 20.4. The highest BCUT2D eigenvalue weighted by Crippen LogP contribution is 2.48. The number of nitrogens with zero attached hydrogens (tertiary/aromatic N) is 2. The number of piperidine rings is 2. The number of nitrogens with one attached hydrogen (secondary N) is 1. The first-order valence-electron chi connectivity index (χ1n) is 11.7. The third-order valence-corrected chi connectivity index (χ3v) is 7.82. The van der Waals surface area contributed by atoms with E-state index in [0.717, 1.165) is 30.9 Å². The van der Waals surface area contributed by atoms with E-state index in [1.165, 1.54) is 12.0 Å². The molecule has 1 saturated carbocycles. The molecule has 1 aliphatic carbocycles. The monoisotopic (exact) mass is 445 g/mol. The Morgan fingerprint density at radius 1 is 1.03 bits per heavy atom. The van der Waals surface area contributed by atoms with E-state index in [0.29, 0.717) is 37.5 Å². The summed E-state index contributed by atoms with van der Waals surface area (Å²) in [4.78, 5) is 41.4. The SMILES string of the molecule is O=C1NC(=O)C2(N3Cc4cc(OCCN5CC[C@@H](c6ccccc6)C5)ccc4C3=O)CC1C2. The molecule has 5 aliphatic rings. The van der Waals surface area contributed by atoms with Crippen LogP contribution in [0, 0.1) is 5.92 Å². The Bertz CT molecular complexity index is 1130. The Kier molecular flexibility index (Phi) is 4.76. The van der Waals surface area contributed by atoms with Gasteiger partial charge in [0.25, 0.3) is 11.8 Å². The number of ether oxygens (including phenoxy) is 1. The molecule has 0 unspecified atom stereocenters. The summed E-state index contributed by atoms with van der Waals surface area (Å²) in [7, 11) is 0. The van der Waals surface area contributed by atoms with Crippen LogP contribution in [0.3, 0.4) is 0 Å². The smallest absolute Gasteiger partial charge is 0.255 e. The van der Waals surface area contributed by atoms with Gasteiger partial charge in [-0.1, -0.05) is 30.3 Å². The molecular weight excluding hydrogens is 418 g/mol. The average molecular weight is 446 g/mol. The van der Waals surface area contributed by atoms with Crippen LogP contribution in [0.4, 0.5) is 0 Å². The first-order chi connectivity index (χ1) is 16.0. The zero-order valence-electron chi connectivity index (χ0n) is 18.5. The van der Waals surface area contributed by atoms with Gasteiger partial charge in [-0.3, -0.25) is 24.6 Å². The minimum atomic E-state index is -0.874. The van der Waals surface area contributed by atoms with Crippen LogP contribution < -0.4 is 10.1 Å². The van der Waals surface area contributed by atoms with Crippen molar-refractivity contribution in [1.82, 2.24) is 15.1 Å². The molecule has 2 aromatic carbocycles. The van der Waals surface area contributed by atoms with Crippen LogP contribution in [0.1, 0.15) is 46.7 Å². The number of amides is 3. The van der Waals surface area contributed by atoms with Crippen molar-refractivity contribution in [3.05, 3.63) is 65.2 Å². The highest BCUT2D eigenvalue weighted by atomic mass is 16.5. The highest BCUT2D eigenvalue weighted by Gasteiger charge is 2.62. The summed E-state index contributed by atoms with van der Waals surface area (Å²) in [5.74, 6) is 0.478. The Morgan fingerprint density at radius 2 is 1.85 bits per heavy atom. The van der Waals surface area contributed by atoms with E-state index in [1.54, 1.807) is 11.0 Å². The molecule has 2 aromatic rings. The maximum Gasteiger partial charge on any atom is 0.255 e. The van der Waals surface area contributed by atoms with Crippen molar-refractivity contribution < 1.29 is 19.1 Å². The molecule has 2 bridgehead atoms. The molecule has 7 rings (SSSR count). The minimum Gasteiger partial charge on any atom is -0.492 e. The molecule has 4 heterocycles. The standard InChI is InChI=1S/C26H27N3O4/c30-23-20-13-26(14-20,25(32)27-23)29-16-19-12-21(6-7-22(19)24(29)31)33-11-10-28-9-8-18(15-28)17-4-2-1-3-5-17/h1-7,12,18,20H,8-11,13-16H2,(H,27,30,32)/t18-,20?,26?/m1/s1.